The van der Waals surface area contributed by atoms with E-state index in [1.807, 2.05) is 170 Å². The van der Waals surface area contributed by atoms with Crippen LogP contribution in [0.15, 0.2) is 170 Å². The molecular formula is C48H42O8. The highest BCUT2D eigenvalue weighted by Gasteiger charge is 2.32. The first-order chi connectivity index (χ1) is 27.4. The van der Waals surface area contributed by atoms with Crippen LogP contribution in [0.3, 0.4) is 0 Å². The molecule has 0 aromatic heterocycles. The van der Waals surface area contributed by atoms with Crippen LogP contribution in [0, 0.1) is 11.8 Å². The number of rotatable bonds is 17. The van der Waals surface area contributed by atoms with Gasteiger partial charge in [0.1, 0.15) is 26.4 Å². The van der Waals surface area contributed by atoms with Crippen LogP contribution in [0.5, 0.6) is 0 Å². The topological polar surface area (TPSA) is 105 Å². The van der Waals surface area contributed by atoms with Crippen molar-refractivity contribution in [2.75, 3.05) is 0 Å². The Balaban J connectivity index is 1.11. The Kier molecular flexibility index (Phi) is 13.9. The van der Waals surface area contributed by atoms with Crippen molar-refractivity contribution >= 4 is 23.9 Å². The molecule has 0 aliphatic carbocycles. The zero-order valence-electron chi connectivity index (χ0n) is 30.8. The van der Waals surface area contributed by atoms with E-state index in [2.05, 4.69) is 0 Å². The van der Waals surface area contributed by atoms with Gasteiger partial charge in [0.25, 0.3) is 0 Å². The second-order valence-corrected chi connectivity index (χ2v) is 13.3. The minimum atomic E-state index is -1.15. The van der Waals surface area contributed by atoms with Crippen LogP contribution in [-0.4, -0.2) is 23.9 Å². The van der Waals surface area contributed by atoms with Gasteiger partial charge in [-0.2, -0.15) is 0 Å². The first-order valence-electron chi connectivity index (χ1n) is 18.4. The average molecular weight is 747 g/mol. The monoisotopic (exact) mass is 746 g/mol. The molecule has 0 atom stereocenters. The van der Waals surface area contributed by atoms with E-state index in [1.54, 1.807) is 0 Å². The van der Waals surface area contributed by atoms with Crippen molar-refractivity contribution in [3.05, 3.63) is 203 Å². The maximum absolute atomic E-state index is 13.3. The second-order valence-electron chi connectivity index (χ2n) is 13.3. The molecule has 0 N–H and O–H groups in total. The fourth-order valence-electron chi connectivity index (χ4n) is 5.98. The smallest absolute Gasteiger partial charge is 0.321 e. The molecule has 0 radical (unpaired) electrons. The van der Waals surface area contributed by atoms with E-state index in [0.29, 0.717) is 0 Å². The lowest BCUT2D eigenvalue weighted by molar-refractivity contribution is -0.165. The molecule has 0 amide bonds. The zero-order valence-corrected chi connectivity index (χ0v) is 30.8. The molecule has 6 aromatic carbocycles. The predicted molar refractivity (Wildman–Crippen MR) is 211 cm³/mol. The van der Waals surface area contributed by atoms with Gasteiger partial charge in [0.15, 0.2) is 11.8 Å². The van der Waals surface area contributed by atoms with Crippen LogP contribution < -0.4 is 0 Å². The Morgan fingerprint density at radius 2 is 0.536 bits per heavy atom. The van der Waals surface area contributed by atoms with Crippen molar-refractivity contribution in [1.29, 1.82) is 0 Å². The highest BCUT2D eigenvalue weighted by atomic mass is 16.6. The van der Waals surface area contributed by atoms with Crippen LogP contribution in [0.2, 0.25) is 0 Å². The summed E-state index contributed by atoms with van der Waals surface area (Å²) in [4.78, 5) is 53.1. The Hall–Kier alpha value is -6.80. The van der Waals surface area contributed by atoms with Gasteiger partial charge in [0.2, 0.25) is 0 Å². The van der Waals surface area contributed by atoms with Gasteiger partial charge in [-0.15, -0.1) is 0 Å². The molecule has 0 fully saturated rings. The van der Waals surface area contributed by atoms with E-state index in [0.717, 1.165) is 44.5 Å². The number of carbonyl (C=O) groups excluding carboxylic acids is 4. The maximum Gasteiger partial charge on any atom is 0.321 e. The van der Waals surface area contributed by atoms with E-state index >= 15 is 0 Å². The molecule has 0 saturated carbocycles. The van der Waals surface area contributed by atoms with Crippen molar-refractivity contribution < 1.29 is 38.1 Å². The molecule has 0 bridgehead atoms. The number of benzene rings is 6. The van der Waals surface area contributed by atoms with Crippen molar-refractivity contribution in [1.82, 2.24) is 0 Å². The van der Waals surface area contributed by atoms with Crippen molar-refractivity contribution in [2.45, 2.75) is 39.3 Å². The van der Waals surface area contributed by atoms with Crippen molar-refractivity contribution in [3.8, 4) is 11.1 Å². The van der Waals surface area contributed by atoms with E-state index in [-0.39, 0.29) is 39.3 Å². The molecule has 0 spiro atoms. The third-order valence-corrected chi connectivity index (χ3v) is 9.15. The Morgan fingerprint density at radius 3 is 0.768 bits per heavy atom. The quantitative estimate of drug-likeness (QED) is 0.0519. The van der Waals surface area contributed by atoms with Gasteiger partial charge < -0.3 is 18.9 Å². The van der Waals surface area contributed by atoms with Crippen molar-refractivity contribution in [3.63, 3.8) is 0 Å². The standard InChI is InChI=1S/C48H42O8/c49-45(53-31-37-13-5-1-6-14-37)43(46(50)54-32-38-15-7-2-8-16-38)29-35-21-25-41(26-22-35)42-27-23-36(24-28-42)30-44(47(51)55-33-39-17-9-3-10-18-39)48(52)56-34-40-19-11-4-12-20-40/h1-28,43-44H,29-34H2. The van der Waals surface area contributed by atoms with Crippen LogP contribution in [0.25, 0.3) is 11.1 Å². The fraction of sp³-hybridized carbons (Fsp3) is 0.167. The minimum absolute atomic E-state index is 0.0432. The van der Waals surface area contributed by atoms with Gasteiger partial charge in [0, 0.05) is 0 Å². The average Bonchev–Trinajstić information content (AvgIpc) is 3.26. The molecule has 282 valence electrons. The maximum atomic E-state index is 13.3. The number of esters is 4. The lowest BCUT2D eigenvalue weighted by atomic mass is 9.95. The summed E-state index contributed by atoms with van der Waals surface area (Å²) in [6, 6.07) is 52.3. The number of ether oxygens (including phenoxy) is 4. The summed E-state index contributed by atoms with van der Waals surface area (Å²) in [6.45, 7) is 0.173. The summed E-state index contributed by atoms with van der Waals surface area (Å²) in [7, 11) is 0. The highest BCUT2D eigenvalue weighted by Crippen LogP contribution is 2.24. The molecule has 8 nitrogen and oxygen atoms in total. The van der Waals surface area contributed by atoms with Crippen LogP contribution >= 0.6 is 0 Å². The molecule has 6 aromatic rings. The van der Waals surface area contributed by atoms with Gasteiger partial charge >= 0.3 is 23.9 Å². The molecule has 0 aliphatic heterocycles. The van der Waals surface area contributed by atoms with Gasteiger partial charge in [-0.3, -0.25) is 19.2 Å². The summed E-state index contributed by atoms with van der Waals surface area (Å²) in [5.41, 5.74) is 6.57. The van der Waals surface area contributed by atoms with Crippen LogP contribution in [-0.2, 0) is 77.4 Å². The Labute approximate surface area is 326 Å². The van der Waals surface area contributed by atoms with Crippen molar-refractivity contribution in [2.24, 2.45) is 11.8 Å². The Morgan fingerprint density at radius 1 is 0.304 bits per heavy atom. The molecule has 8 heteroatoms. The molecule has 6 rings (SSSR count). The van der Waals surface area contributed by atoms with Gasteiger partial charge in [0.05, 0.1) is 0 Å². The molecule has 0 aliphatic rings. The summed E-state index contributed by atoms with van der Waals surface area (Å²) in [5.74, 6) is -4.93. The predicted octanol–water partition coefficient (Wildman–Crippen LogP) is 8.64. The first-order valence-corrected chi connectivity index (χ1v) is 18.4. The Bertz CT molecular complexity index is 1880. The van der Waals surface area contributed by atoms with E-state index in [4.69, 9.17) is 18.9 Å². The SMILES string of the molecule is O=C(OCc1ccccc1)C(Cc1ccc(-c2ccc(CC(C(=O)OCc3ccccc3)C(=O)OCc3ccccc3)cc2)cc1)C(=O)OCc1ccccc1. The van der Waals surface area contributed by atoms with E-state index < -0.39 is 35.7 Å². The number of hydrogen-bond donors (Lipinski definition) is 0. The van der Waals surface area contributed by atoms with Gasteiger partial charge in [-0.25, -0.2) is 0 Å². The number of hydrogen-bond acceptors (Lipinski definition) is 8. The molecular weight excluding hydrogens is 705 g/mol. The highest BCUT2D eigenvalue weighted by molar-refractivity contribution is 5.96. The summed E-state index contributed by atoms with van der Waals surface area (Å²) < 4.78 is 22.3. The lowest BCUT2D eigenvalue weighted by Gasteiger charge is -2.17. The van der Waals surface area contributed by atoms with Gasteiger partial charge in [-0.1, -0.05) is 170 Å². The largest absolute Gasteiger partial charge is 0.460 e. The van der Waals surface area contributed by atoms with Crippen LogP contribution in [0.4, 0.5) is 0 Å². The third-order valence-electron chi connectivity index (χ3n) is 9.15. The zero-order chi connectivity index (χ0) is 39.0. The first kappa shape index (κ1) is 38.9. The third kappa shape index (κ3) is 11.6. The molecule has 56 heavy (non-hydrogen) atoms. The number of carbonyl (C=O) groups is 4. The molecule has 0 unspecified atom stereocenters. The van der Waals surface area contributed by atoms with Crippen LogP contribution in [0.1, 0.15) is 33.4 Å². The summed E-state index contributed by atoms with van der Waals surface area (Å²) in [5, 5.41) is 0. The summed E-state index contributed by atoms with van der Waals surface area (Å²) in [6.07, 6.45) is 0.200. The minimum Gasteiger partial charge on any atom is -0.460 e. The second kappa shape index (κ2) is 20.0. The van der Waals surface area contributed by atoms with E-state index in [9.17, 15) is 19.2 Å². The van der Waals surface area contributed by atoms with Gasteiger partial charge in [-0.05, 0) is 57.3 Å². The van der Waals surface area contributed by atoms with E-state index in [1.165, 1.54) is 0 Å². The summed E-state index contributed by atoms with van der Waals surface area (Å²) >= 11 is 0. The lowest BCUT2D eigenvalue weighted by Crippen LogP contribution is -2.30. The fourth-order valence-corrected chi connectivity index (χ4v) is 5.98. The molecule has 0 saturated heterocycles. The normalized spacial score (nSPS) is 10.8. The molecule has 0 heterocycles.